The lowest BCUT2D eigenvalue weighted by Crippen LogP contribution is -2.33. The number of halogens is 2. The van der Waals surface area contributed by atoms with Crippen molar-refractivity contribution >= 4 is 40.8 Å². The number of carbonyl (C=O) groups is 2. The molecule has 3 rings (SSSR count). The number of ether oxygens (including phenoxy) is 1. The van der Waals surface area contributed by atoms with E-state index in [1.54, 1.807) is 25.1 Å². The molecule has 4 atom stereocenters. The van der Waals surface area contributed by atoms with Gasteiger partial charge in [-0.2, -0.15) is 0 Å². The predicted octanol–water partition coefficient (Wildman–Crippen LogP) is 4.30. The molecule has 1 aromatic carbocycles. The normalized spacial score (nSPS) is 26.8. The lowest BCUT2D eigenvalue weighted by molar-refractivity contribution is -0.158. The Morgan fingerprint density at radius 3 is 2.70 bits per heavy atom. The van der Waals surface area contributed by atoms with E-state index in [1.807, 2.05) is 0 Å². The standard InChI is InChI=1S/C17H19Cl2NO3/c1-9(16(21)20-15-8-12(18)4-5-14(15)19)23-17(22)13-7-10-2-3-11(13)6-10/h4-5,8-11,13H,2-3,6-7H2,1H3,(H,20,21). The van der Waals surface area contributed by atoms with E-state index in [4.69, 9.17) is 27.9 Å². The average molecular weight is 356 g/mol. The molecule has 0 aromatic heterocycles. The Kier molecular flexibility index (Phi) is 4.83. The second-order valence-electron chi connectivity index (χ2n) is 6.47. The van der Waals surface area contributed by atoms with Crippen LogP contribution in [-0.2, 0) is 14.3 Å². The highest BCUT2D eigenvalue weighted by Gasteiger charge is 2.44. The highest BCUT2D eigenvalue weighted by molar-refractivity contribution is 6.35. The minimum atomic E-state index is -0.864. The van der Waals surface area contributed by atoms with Crippen LogP contribution < -0.4 is 5.32 Å². The second-order valence-corrected chi connectivity index (χ2v) is 7.32. The maximum absolute atomic E-state index is 12.3. The highest BCUT2D eigenvalue weighted by atomic mass is 35.5. The topological polar surface area (TPSA) is 55.4 Å². The first kappa shape index (κ1) is 16.6. The SMILES string of the molecule is CC(OC(=O)C1CC2CCC1C2)C(=O)Nc1cc(Cl)ccc1Cl. The summed E-state index contributed by atoms with van der Waals surface area (Å²) in [6.07, 6.45) is 3.48. The van der Waals surface area contributed by atoms with Crippen LogP contribution in [0.3, 0.4) is 0 Å². The first-order valence-corrected chi connectivity index (χ1v) is 8.66. The van der Waals surface area contributed by atoms with Gasteiger partial charge >= 0.3 is 5.97 Å². The molecule has 2 fully saturated rings. The number of amides is 1. The van der Waals surface area contributed by atoms with Gasteiger partial charge in [0.05, 0.1) is 16.6 Å². The van der Waals surface area contributed by atoms with Gasteiger partial charge in [-0.15, -0.1) is 0 Å². The van der Waals surface area contributed by atoms with Crippen molar-refractivity contribution in [1.82, 2.24) is 0 Å². The smallest absolute Gasteiger partial charge is 0.309 e. The van der Waals surface area contributed by atoms with Crippen LogP contribution in [0.1, 0.15) is 32.6 Å². The van der Waals surface area contributed by atoms with Crippen molar-refractivity contribution in [2.24, 2.45) is 17.8 Å². The van der Waals surface area contributed by atoms with E-state index in [0.717, 1.165) is 19.3 Å². The molecule has 0 spiro atoms. The Balaban J connectivity index is 1.57. The van der Waals surface area contributed by atoms with Gasteiger partial charge in [-0.25, -0.2) is 0 Å². The lowest BCUT2D eigenvalue weighted by atomic mass is 9.89. The molecule has 4 unspecified atom stereocenters. The summed E-state index contributed by atoms with van der Waals surface area (Å²) in [5.41, 5.74) is 0.409. The molecule has 1 N–H and O–H groups in total. The Labute approximate surface area is 145 Å². The Morgan fingerprint density at radius 2 is 2.04 bits per heavy atom. The van der Waals surface area contributed by atoms with Crippen molar-refractivity contribution in [3.05, 3.63) is 28.2 Å². The van der Waals surface area contributed by atoms with E-state index in [9.17, 15) is 9.59 Å². The van der Waals surface area contributed by atoms with Crippen LogP contribution in [0.4, 0.5) is 5.69 Å². The third-order valence-electron chi connectivity index (χ3n) is 4.89. The molecule has 124 valence electrons. The fourth-order valence-corrected chi connectivity index (χ4v) is 4.01. The first-order chi connectivity index (χ1) is 10.9. The highest BCUT2D eigenvalue weighted by Crippen LogP contribution is 2.48. The van der Waals surface area contributed by atoms with E-state index >= 15 is 0 Å². The van der Waals surface area contributed by atoms with Gasteiger partial charge in [-0.3, -0.25) is 9.59 Å². The third-order valence-corrected chi connectivity index (χ3v) is 5.45. The molecule has 1 aromatic rings. The van der Waals surface area contributed by atoms with Crippen molar-refractivity contribution in [3.8, 4) is 0 Å². The number of hydrogen-bond donors (Lipinski definition) is 1. The molecular formula is C17H19Cl2NO3. The van der Waals surface area contributed by atoms with Crippen molar-refractivity contribution in [3.63, 3.8) is 0 Å². The summed E-state index contributed by atoms with van der Waals surface area (Å²) >= 11 is 11.9. The average Bonchev–Trinajstić information content (AvgIpc) is 3.13. The van der Waals surface area contributed by atoms with Crippen LogP contribution in [-0.4, -0.2) is 18.0 Å². The number of rotatable bonds is 4. The van der Waals surface area contributed by atoms with Crippen LogP contribution in [0.15, 0.2) is 18.2 Å². The number of anilines is 1. The summed E-state index contributed by atoms with van der Waals surface area (Å²) in [4.78, 5) is 24.5. The molecule has 0 radical (unpaired) electrons. The van der Waals surface area contributed by atoms with E-state index in [0.29, 0.717) is 27.6 Å². The molecule has 6 heteroatoms. The Bertz CT molecular complexity index is 634. The van der Waals surface area contributed by atoms with Crippen molar-refractivity contribution < 1.29 is 14.3 Å². The number of benzene rings is 1. The van der Waals surface area contributed by atoms with Crippen LogP contribution in [0.5, 0.6) is 0 Å². The molecule has 0 aliphatic heterocycles. The van der Waals surface area contributed by atoms with Gasteiger partial charge in [0.25, 0.3) is 5.91 Å². The fourth-order valence-electron chi connectivity index (χ4n) is 3.68. The van der Waals surface area contributed by atoms with Gasteiger partial charge in [0, 0.05) is 5.02 Å². The molecule has 2 aliphatic carbocycles. The molecule has 23 heavy (non-hydrogen) atoms. The fraction of sp³-hybridized carbons (Fsp3) is 0.529. The van der Waals surface area contributed by atoms with Gasteiger partial charge < -0.3 is 10.1 Å². The second kappa shape index (κ2) is 6.70. The molecule has 0 saturated heterocycles. The summed E-state index contributed by atoms with van der Waals surface area (Å²) in [5, 5.41) is 3.50. The zero-order valence-corrected chi connectivity index (χ0v) is 14.4. The summed E-state index contributed by atoms with van der Waals surface area (Å²) in [6.45, 7) is 1.57. The molecule has 2 aliphatic rings. The largest absolute Gasteiger partial charge is 0.452 e. The van der Waals surface area contributed by atoms with Crippen LogP contribution in [0.25, 0.3) is 0 Å². The third kappa shape index (κ3) is 3.64. The summed E-state index contributed by atoms with van der Waals surface area (Å²) in [7, 11) is 0. The number of esters is 1. The van der Waals surface area contributed by atoms with Gasteiger partial charge in [0.15, 0.2) is 6.10 Å². The van der Waals surface area contributed by atoms with E-state index in [1.165, 1.54) is 6.42 Å². The molecule has 4 nitrogen and oxygen atoms in total. The lowest BCUT2D eigenvalue weighted by Gasteiger charge is -2.22. The number of carbonyl (C=O) groups excluding carboxylic acids is 2. The number of hydrogen-bond acceptors (Lipinski definition) is 3. The zero-order chi connectivity index (χ0) is 16.6. The van der Waals surface area contributed by atoms with Crippen LogP contribution >= 0.6 is 23.2 Å². The quantitative estimate of drug-likeness (QED) is 0.819. The van der Waals surface area contributed by atoms with E-state index in [-0.39, 0.29) is 11.9 Å². The summed E-state index contributed by atoms with van der Waals surface area (Å²) in [5.74, 6) is 0.388. The van der Waals surface area contributed by atoms with Crippen molar-refractivity contribution in [2.45, 2.75) is 38.7 Å². The molecular weight excluding hydrogens is 337 g/mol. The van der Waals surface area contributed by atoms with E-state index < -0.39 is 12.0 Å². The van der Waals surface area contributed by atoms with Gasteiger partial charge in [0.1, 0.15) is 0 Å². The summed E-state index contributed by atoms with van der Waals surface area (Å²) < 4.78 is 5.36. The Hall–Kier alpha value is -1.26. The van der Waals surface area contributed by atoms with Gasteiger partial charge in [-0.1, -0.05) is 29.6 Å². The summed E-state index contributed by atoms with van der Waals surface area (Å²) in [6, 6.07) is 4.80. The van der Waals surface area contributed by atoms with Crippen molar-refractivity contribution in [2.75, 3.05) is 5.32 Å². The van der Waals surface area contributed by atoms with Gasteiger partial charge in [-0.05, 0) is 56.2 Å². The Morgan fingerprint density at radius 1 is 1.26 bits per heavy atom. The molecule has 2 saturated carbocycles. The van der Waals surface area contributed by atoms with Crippen LogP contribution in [0.2, 0.25) is 10.0 Å². The first-order valence-electron chi connectivity index (χ1n) is 7.90. The predicted molar refractivity (Wildman–Crippen MR) is 89.6 cm³/mol. The van der Waals surface area contributed by atoms with E-state index in [2.05, 4.69) is 5.32 Å². The molecule has 1 amide bonds. The monoisotopic (exact) mass is 355 g/mol. The number of fused-ring (bicyclic) bond motifs is 2. The van der Waals surface area contributed by atoms with Gasteiger partial charge in [0.2, 0.25) is 0 Å². The number of nitrogens with one attached hydrogen (secondary N) is 1. The minimum Gasteiger partial charge on any atom is -0.452 e. The molecule has 0 heterocycles. The zero-order valence-electron chi connectivity index (χ0n) is 12.9. The minimum absolute atomic E-state index is 0.0428. The maximum atomic E-state index is 12.3. The maximum Gasteiger partial charge on any atom is 0.309 e. The van der Waals surface area contributed by atoms with Crippen molar-refractivity contribution in [1.29, 1.82) is 0 Å². The van der Waals surface area contributed by atoms with Crippen LogP contribution in [0, 0.1) is 17.8 Å². The molecule has 2 bridgehead atoms.